The average molecular weight is 305 g/mol. The van der Waals surface area contributed by atoms with Gasteiger partial charge in [-0.2, -0.15) is 0 Å². The van der Waals surface area contributed by atoms with E-state index >= 15 is 0 Å². The smallest absolute Gasteiger partial charge is 0.254 e. The van der Waals surface area contributed by atoms with Gasteiger partial charge in [0.15, 0.2) is 0 Å². The summed E-state index contributed by atoms with van der Waals surface area (Å²) in [5.41, 5.74) is 8.54. The van der Waals surface area contributed by atoms with E-state index in [0.29, 0.717) is 27.8 Å². The lowest BCUT2D eigenvalue weighted by Gasteiger charge is -2.15. The number of carbonyl (C=O) groups excluding carboxylic acids is 1. The summed E-state index contributed by atoms with van der Waals surface area (Å²) in [5, 5.41) is 3.23. The number of aryl methyl sites for hydroxylation is 2. The van der Waals surface area contributed by atoms with Crippen molar-refractivity contribution >= 4 is 23.2 Å². The first kappa shape index (κ1) is 15.2. The minimum atomic E-state index is -0.228. The zero-order chi connectivity index (χ0) is 15.6. The average Bonchev–Trinajstić information content (AvgIpc) is 2.42. The van der Waals surface area contributed by atoms with E-state index in [1.165, 1.54) is 0 Å². The summed E-state index contributed by atoms with van der Waals surface area (Å²) >= 11 is 6.01. The molecule has 0 aliphatic carbocycles. The SMILES string of the molecule is CNC(=O)c1ccc(N)cc1Oc1c(C)cc(Cl)cc1C. The molecular formula is C16H17ClN2O2. The van der Waals surface area contributed by atoms with E-state index in [9.17, 15) is 4.79 Å². The molecule has 0 aliphatic heterocycles. The number of nitrogens with two attached hydrogens (primary N) is 1. The highest BCUT2D eigenvalue weighted by atomic mass is 35.5. The molecule has 4 nitrogen and oxygen atoms in total. The first-order chi connectivity index (χ1) is 9.92. The Labute approximate surface area is 128 Å². The summed E-state index contributed by atoms with van der Waals surface area (Å²) in [6.45, 7) is 3.81. The number of ether oxygens (including phenoxy) is 1. The number of hydrogen-bond donors (Lipinski definition) is 2. The molecule has 1 amide bonds. The summed E-state index contributed by atoms with van der Waals surface area (Å²) < 4.78 is 5.93. The van der Waals surface area contributed by atoms with Crippen molar-refractivity contribution in [3.05, 3.63) is 52.0 Å². The maximum absolute atomic E-state index is 11.9. The Kier molecular flexibility index (Phi) is 4.38. The van der Waals surface area contributed by atoms with Gasteiger partial charge < -0.3 is 15.8 Å². The number of anilines is 1. The van der Waals surface area contributed by atoms with Crippen molar-refractivity contribution in [2.24, 2.45) is 0 Å². The second kappa shape index (κ2) is 6.06. The molecule has 0 saturated heterocycles. The van der Waals surface area contributed by atoms with Gasteiger partial charge in [0.25, 0.3) is 5.91 Å². The molecule has 0 atom stereocenters. The maximum Gasteiger partial charge on any atom is 0.254 e. The number of carbonyl (C=O) groups is 1. The maximum atomic E-state index is 11.9. The zero-order valence-corrected chi connectivity index (χ0v) is 12.9. The standard InChI is InChI=1S/C16H17ClN2O2/c1-9-6-11(17)7-10(2)15(9)21-14-8-12(18)4-5-13(14)16(20)19-3/h4-8H,18H2,1-3H3,(H,19,20). The molecule has 3 N–H and O–H groups in total. The predicted octanol–water partition coefficient (Wildman–Crippen LogP) is 3.69. The van der Waals surface area contributed by atoms with Crippen LogP contribution in [0.2, 0.25) is 5.02 Å². The molecule has 0 fully saturated rings. The molecule has 0 radical (unpaired) electrons. The van der Waals surface area contributed by atoms with Crippen LogP contribution in [0.15, 0.2) is 30.3 Å². The van der Waals surface area contributed by atoms with E-state index in [1.807, 2.05) is 26.0 Å². The first-order valence-electron chi connectivity index (χ1n) is 6.48. The monoisotopic (exact) mass is 304 g/mol. The Balaban J connectivity index is 2.49. The molecule has 0 heterocycles. The molecule has 0 unspecified atom stereocenters. The summed E-state index contributed by atoms with van der Waals surface area (Å²) in [6, 6.07) is 8.58. The Hall–Kier alpha value is -2.20. The van der Waals surface area contributed by atoms with Crippen molar-refractivity contribution in [1.82, 2.24) is 5.32 Å². The third-order valence-electron chi connectivity index (χ3n) is 3.11. The van der Waals surface area contributed by atoms with Gasteiger partial charge in [0.2, 0.25) is 0 Å². The Morgan fingerprint density at radius 3 is 2.38 bits per heavy atom. The van der Waals surface area contributed by atoms with Crippen LogP contribution in [-0.4, -0.2) is 13.0 Å². The molecule has 110 valence electrons. The van der Waals surface area contributed by atoms with Crippen molar-refractivity contribution in [2.45, 2.75) is 13.8 Å². The normalized spacial score (nSPS) is 10.3. The number of hydrogen-bond acceptors (Lipinski definition) is 3. The predicted molar refractivity (Wildman–Crippen MR) is 85.2 cm³/mol. The number of nitrogen functional groups attached to an aromatic ring is 1. The van der Waals surface area contributed by atoms with E-state index in [4.69, 9.17) is 22.1 Å². The lowest BCUT2D eigenvalue weighted by Crippen LogP contribution is -2.18. The van der Waals surface area contributed by atoms with Crippen LogP contribution in [0.5, 0.6) is 11.5 Å². The second-order valence-corrected chi connectivity index (χ2v) is 5.24. The van der Waals surface area contributed by atoms with Gasteiger partial charge in [0, 0.05) is 23.8 Å². The van der Waals surface area contributed by atoms with Gasteiger partial charge in [-0.15, -0.1) is 0 Å². The fourth-order valence-corrected chi connectivity index (χ4v) is 2.44. The molecule has 2 aromatic rings. The van der Waals surface area contributed by atoms with Crippen molar-refractivity contribution in [3.8, 4) is 11.5 Å². The fraction of sp³-hybridized carbons (Fsp3) is 0.188. The molecule has 5 heteroatoms. The molecule has 0 aliphatic rings. The van der Waals surface area contributed by atoms with Gasteiger partial charge in [0.1, 0.15) is 11.5 Å². The molecule has 0 saturated carbocycles. The first-order valence-corrected chi connectivity index (χ1v) is 6.86. The summed E-state index contributed by atoms with van der Waals surface area (Å²) in [4.78, 5) is 11.9. The quantitative estimate of drug-likeness (QED) is 0.850. The number of nitrogens with one attached hydrogen (secondary N) is 1. The third kappa shape index (κ3) is 3.28. The highest BCUT2D eigenvalue weighted by molar-refractivity contribution is 6.30. The van der Waals surface area contributed by atoms with Crippen LogP contribution in [0, 0.1) is 13.8 Å². The van der Waals surface area contributed by atoms with Crippen molar-refractivity contribution in [3.63, 3.8) is 0 Å². The van der Waals surface area contributed by atoms with Crippen LogP contribution in [0.3, 0.4) is 0 Å². The van der Waals surface area contributed by atoms with Gasteiger partial charge in [0.05, 0.1) is 5.56 Å². The summed E-state index contributed by atoms with van der Waals surface area (Å²) in [7, 11) is 1.57. The van der Waals surface area contributed by atoms with Crippen LogP contribution < -0.4 is 15.8 Å². The van der Waals surface area contributed by atoms with Gasteiger partial charge >= 0.3 is 0 Å². The van der Waals surface area contributed by atoms with Crippen LogP contribution >= 0.6 is 11.6 Å². The molecule has 0 bridgehead atoms. The van der Waals surface area contributed by atoms with Crippen LogP contribution in [-0.2, 0) is 0 Å². The zero-order valence-electron chi connectivity index (χ0n) is 12.2. The Morgan fingerprint density at radius 2 is 1.81 bits per heavy atom. The van der Waals surface area contributed by atoms with Crippen LogP contribution in [0.25, 0.3) is 0 Å². The molecule has 0 spiro atoms. The number of amides is 1. The largest absolute Gasteiger partial charge is 0.456 e. The third-order valence-corrected chi connectivity index (χ3v) is 3.33. The van der Waals surface area contributed by atoms with E-state index in [-0.39, 0.29) is 5.91 Å². The Bertz CT molecular complexity index is 676. The highest BCUT2D eigenvalue weighted by Crippen LogP contribution is 2.33. The second-order valence-electron chi connectivity index (χ2n) is 4.81. The summed E-state index contributed by atoms with van der Waals surface area (Å²) in [5.74, 6) is 0.868. The van der Waals surface area contributed by atoms with E-state index in [2.05, 4.69) is 5.32 Å². The van der Waals surface area contributed by atoms with Gasteiger partial charge in [-0.25, -0.2) is 0 Å². The highest BCUT2D eigenvalue weighted by Gasteiger charge is 2.15. The molecule has 21 heavy (non-hydrogen) atoms. The molecule has 0 aromatic heterocycles. The lowest BCUT2D eigenvalue weighted by molar-refractivity contribution is 0.0961. The minimum Gasteiger partial charge on any atom is -0.456 e. The van der Waals surface area contributed by atoms with Crippen LogP contribution in [0.4, 0.5) is 5.69 Å². The number of rotatable bonds is 3. The Morgan fingerprint density at radius 1 is 1.19 bits per heavy atom. The molecular weight excluding hydrogens is 288 g/mol. The number of halogens is 1. The molecule has 2 aromatic carbocycles. The van der Waals surface area contributed by atoms with E-state index in [1.54, 1.807) is 25.2 Å². The minimum absolute atomic E-state index is 0.228. The number of benzene rings is 2. The van der Waals surface area contributed by atoms with Crippen molar-refractivity contribution < 1.29 is 9.53 Å². The van der Waals surface area contributed by atoms with Crippen LogP contribution in [0.1, 0.15) is 21.5 Å². The lowest BCUT2D eigenvalue weighted by atomic mass is 10.1. The van der Waals surface area contributed by atoms with Crippen molar-refractivity contribution in [1.29, 1.82) is 0 Å². The van der Waals surface area contributed by atoms with Crippen molar-refractivity contribution in [2.75, 3.05) is 12.8 Å². The molecule has 2 rings (SSSR count). The van der Waals surface area contributed by atoms with E-state index < -0.39 is 0 Å². The van der Waals surface area contributed by atoms with Gasteiger partial charge in [-0.05, 0) is 49.2 Å². The van der Waals surface area contributed by atoms with E-state index in [0.717, 1.165) is 11.1 Å². The van der Waals surface area contributed by atoms with Gasteiger partial charge in [-0.1, -0.05) is 11.6 Å². The summed E-state index contributed by atoms with van der Waals surface area (Å²) in [6.07, 6.45) is 0. The topological polar surface area (TPSA) is 64.4 Å². The fourth-order valence-electron chi connectivity index (χ4n) is 2.11. The van der Waals surface area contributed by atoms with Gasteiger partial charge in [-0.3, -0.25) is 4.79 Å².